The molecule has 3 heterocycles. The van der Waals surface area contributed by atoms with Gasteiger partial charge in [-0.05, 0) is 18.1 Å². The molecule has 0 unspecified atom stereocenters. The zero-order valence-corrected chi connectivity index (χ0v) is 39.7. The molecule has 9 heteroatoms. The van der Waals surface area contributed by atoms with Crippen LogP contribution in [0.2, 0.25) is 0 Å². The predicted molar refractivity (Wildman–Crippen MR) is 265 cm³/mol. The molecule has 307 valence electrons. The summed E-state index contributed by atoms with van der Waals surface area (Å²) in [7, 11) is -2.51. The topological polar surface area (TPSA) is 60.8 Å². The van der Waals surface area contributed by atoms with Crippen molar-refractivity contribution in [2.24, 2.45) is 0 Å². The number of aromatic nitrogens is 4. The number of hydrogen-bond donors (Lipinski definition) is 0. The van der Waals surface area contributed by atoms with E-state index in [-0.39, 0.29) is 0 Å². The summed E-state index contributed by atoms with van der Waals surface area (Å²) in [6.45, 7) is 5.41. The van der Waals surface area contributed by atoms with Gasteiger partial charge in [0.15, 0.2) is 0 Å². The Hall–Kier alpha value is -5.79. The standard InChI is InChI=1S/C54H41N4OPS2.Os/c1-4-15-37-23-25-39(26-24-37)47-32-49-50(53-51(47)55-61-57-53)33-48(52-54(49)58-62-56-52)40-29-27-38(28-30-40)46(31-42-35-59-34-41(42)16-5-2)36(3)60(43-17-9-6-10-18-43,44-19-11-7-12-20-44)45-21-13-8-14-22-45;/h4,6-33H,5,34-35H2,1-2H3;/q+1;/b15-4+,41-16?,42-31?,46-36?;. The van der Waals surface area contributed by atoms with Gasteiger partial charge in [-0.1, -0.05) is 36.4 Å². The van der Waals surface area contributed by atoms with E-state index in [0.717, 1.165) is 78.2 Å². The van der Waals surface area contributed by atoms with E-state index in [9.17, 15) is 0 Å². The van der Waals surface area contributed by atoms with Crippen LogP contribution in [0.3, 0.4) is 0 Å². The summed E-state index contributed by atoms with van der Waals surface area (Å²) in [6.07, 6.45) is 9.80. The van der Waals surface area contributed by atoms with Crippen LogP contribution in [-0.2, 0) is 22.7 Å². The second-order valence-electron chi connectivity index (χ2n) is 15.4. The molecular weight excluding hydrogens is 1010 g/mol. The fourth-order valence-electron chi connectivity index (χ4n) is 8.86. The van der Waals surface area contributed by atoms with Gasteiger partial charge in [-0.15, -0.1) is 0 Å². The molecule has 7 aromatic carbocycles. The number of hydrogen-bond acceptors (Lipinski definition) is 7. The molecule has 0 bridgehead atoms. The molecular formula is C54H41N4OOsPS2+. The van der Waals surface area contributed by atoms with Crippen molar-refractivity contribution in [2.75, 3.05) is 13.2 Å². The minimum Gasteiger partial charge on any atom is -0.172 e. The second kappa shape index (κ2) is 18.1. The third-order valence-electron chi connectivity index (χ3n) is 11.8. The summed E-state index contributed by atoms with van der Waals surface area (Å²) in [4.78, 5) is 0. The van der Waals surface area contributed by atoms with Gasteiger partial charge in [-0.2, -0.15) is 4.37 Å². The van der Waals surface area contributed by atoms with E-state index >= 15 is 0 Å². The number of nitrogens with zero attached hydrogens (tertiary/aromatic N) is 4. The molecule has 2 aromatic heterocycles. The Labute approximate surface area is 386 Å². The van der Waals surface area contributed by atoms with Crippen molar-refractivity contribution in [3.63, 3.8) is 0 Å². The van der Waals surface area contributed by atoms with Gasteiger partial charge in [0.05, 0.1) is 11.7 Å². The third-order valence-corrected chi connectivity index (χ3v) is 18.2. The van der Waals surface area contributed by atoms with Crippen molar-refractivity contribution in [2.45, 2.75) is 20.3 Å². The molecule has 1 aliphatic rings. The molecule has 1 fully saturated rings. The zero-order valence-electron chi connectivity index (χ0n) is 34.7. The molecule has 1 saturated heterocycles. The van der Waals surface area contributed by atoms with Gasteiger partial charge in [0.2, 0.25) is 0 Å². The zero-order chi connectivity index (χ0) is 42.8. The fraction of sp³-hybridized carbons (Fsp3) is 0.0926. The molecule has 0 aliphatic carbocycles. The molecule has 0 radical (unpaired) electrons. The van der Waals surface area contributed by atoms with Crippen LogP contribution < -0.4 is 15.9 Å². The molecule has 0 saturated carbocycles. The number of rotatable bonds is 10. The Kier molecular flexibility index (Phi) is 11.9. The molecule has 10 rings (SSSR count). The number of ether oxygens (including phenoxy) is 1. The number of fused-ring (bicyclic) bond motifs is 5. The van der Waals surface area contributed by atoms with Crippen molar-refractivity contribution in [1.82, 2.24) is 17.5 Å². The van der Waals surface area contributed by atoms with Gasteiger partial charge in [-0.25, -0.2) is 0 Å². The van der Waals surface area contributed by atoms with Crippen LogP contribution in [0.25, 0.3) is 66.7 Å². The van der Waals surface area contributed by atoms with Crippen LogP contribution in [0, 0.1) is 4.37 Å². The Bertz CT molecular complexity index is 3200. The van der Waals surface area contributed by atoms with Gasteiger partial charge in [0.1, 0.15) is 0 Å². The Balaban J connectivity index is 1.19. The van der Waals surface area contributed by atoms with E-state index in [1.165, 1.54) is 55.8 Å². The van der Waals surface area contributed by atoms with Crippen molar-refractivity contribution in [1.29, 1.82) is 0 Å². The van der Waals surface area contributed by atoms with E-state index < -0.39 is 7.26 Å². The van der Waals surface area contributed by atoms with Crippen LogP contribution >= 0.6 is 30.7 Å². The summed E-state index contributed by atoms with van der Waals surface area (Å²) in [6, 6.07) is 55.2. The van der Waals surface area contributed by atoms with Crippen LogP contribution in [0.5, 0.6) is 0 Å². The summed E-state index contributed by atoms with van der Waals surface area (Å²) in [5, 5.41) is 7.08. The van der Waals surface area contributed by atoms with Crippen molar-refractivity contribution in [3.8, 4) is 26.6 Å². The minimum absolute atomic E-state index is 0.565. The third kappa shape index (κ3) is 7.52. The quantitative estimate of drug-likeness (QED) is 0.128. The van der Waals surface area contributed by atoms with Gasteiger partial charge >= 0.3 is 313 Å². The summed E-state index contributed by atoms with van der Waals surface area (Å²) >= 11 is 4.31. The second-order valence-corrected chi connectivity index (χ2v) is 20.4. The maximum absolute atomic E-state index is 6.14. The first-order valence-electron chi connectivity index (χ1n) is 20.9. The SMILES string of the molecule is C/C=C/c1ccc(-c2cc3c(cc(-c4ccc(C(C=C5COCC5=CCC)=C([C]#[Os])[P+](c5ccccc5)(c5ccccc5)c5ccccc5)cc4)c4nsnc43)c3nsnc23)cc1. The summed E-state index contributed by atoms with van der Waals surface area (Å²) < 4.78 is 29.6. The maximum atomic E-state index is 6.14. The first-order valence-corrected chi connectivity index (χ1v) is 25.5. The van der Waals surface area contributed by atoms with Gasteiger partial charge in [0, 0.05) is 5.56 Å². The molecule has 0 spiro atoms. The van der Waals surface area contributed by atoms with Crippen LogP contribution in [0.15, 0.2) is 186 Å². The van der Waals surface area contributed by atoms with E-state index in [1.54, 1.807) is 0 Å². The van der Waals surface area contributed by atoms with E-state index in [4.69, 9.17) is 22.2 Å². The van der Waals surface area contributed by atoms with Crippen LogP contribution in [0.4, 0.5) is 0 Å². The van der Waals surface area contributed by atoms with Gasteiger partial charge < -0.3 is 0 Å². The minimum atomic E-state index is -2.51. The number of benzene rings is 7. The van der Waals surface area contributed by atoms with E-state index in [0.29, 0.717) is 13.2 Å². The van der Waals surface area contributed by atoms with Crippen molar-refractivity contribution < 1.29 is 22.7 Å². The van der Waals surface area contributed by atoms with Crippen molar-refractivity contribution >= 4 is 91.1 Å². The normalized spacial score (nSPS) is 15.0. The Morgan fingerprint density at radius 3 is 1.59 bits per heavy atom. The van der Waals surface area contributed by atoms with Gasteiger partial charge in [-0.3, -0.25) is 0 Å². The predicted octanol–water partition coefficient (Wildman–Crippen LogP) is 12.7. The Morgan fingerprint density at radius 1 is 0.635 bits per heavy atom. The van der Waals surface area contributed by atoms with E-state index in [1.807, 2.05) is 24.9 Å². The average molecular weight is 1050 g/mol. The van der Waals surface area contributed by atoms with Gasteiger partial charge in [0.25, 0.3) is 0 Å². The van der Waals surface area contributed by atoms with Crippen LogP contribution in [-0.4, -0.2) is 30.7 Å². The first kappa shape index (κ1) is 41.2. The molecule has 0 amide bonds. The molecule has 63 heavy (non-hydrogen) atoms. The van der Waals surface area contributed by atoms with E-state index in [2.05, 4.69) is 187 Å². The molecule has 5 nitrogen and oxygen atoms in total. The fourth-order valence-corrected chi connectivity index (χ4v) is 15.8. The Morgan fingerprint density at radius 2 is 1.11 bits per heavy atom. The first-order chi connectivity index (χ1) is 31.1. The number of allylic oxidation sites excluding steroid dienone is 5. The van der Waals surface area contributed by atoms with Crippen LogP contribution in [0.1, 0.15) is 31.4 Å². The molecule has 0 N–H and O–H groups in total. The molecule has 9 aromatic rings. The van der Waals surface area contributed by atoms with Crippen molar-refractivity contribution in [3.05, 3.63) is 197 Å². The molecule has 0 atom stereocenters. The monoisotopic (exact) mass is 1050 g/mol. The smallest absolute Gasteiger partial charge is 0.172 e. The molecule has 1 aliphatic heterocycles. The summed E-state index contributed by atoms with van der Waals surface area (Å²) in [5.74, 6) is 0. The summed E-state index contributed by atoms with van der Waals surface area (Å²) in [5.41, 5.74) is 13.6. The average Bonchev–Trinajstić information content (AvgIpc) is 4.14.